The molecular weight excluding hydrogens is 164 g/mol. The number of unbranched alkanes of at least 4 members (excludes halogenated alkanes) is 4. The van der Waals surface area contributed by atoms with Crippen LogP contribution < -0.4 is 0 Å². The number of halogens is 3. The van der Waals surface area contributed by atoms with Crippen molar-refractivity contribution in [2.75, 3.05) is 0 Å². The van der Waals surface area contributed by atoms with Gasteiger partial charge in [0, 0.05) is 0 Å². The molecule has 0 saturated carbocycles. The van der Waals surface area contributed by atoms with E-state index in [2.05, 4.69) is 6.92 Å². The first kappa shape index (κ1) is 11.6. The molecule has 0 aliphatic heterocycles. The van der Waals surface area contributed by atoms with E-state index in [4.69, 9.17) is 0 Å². The molecule has 0 aliphatic carbocycles. The van der Waals surface area contributed by atoms with Crippen LogP contribution in [0.5, 0.6) is 0 Å². The first-order valence-electron chi connectivity index (χ1n) is 4.35. The standard InChI is InChI=1S/C8H14BF3/c1-2-3-4-5-6-7-8-9(10,11)12/h7H,2-6H2,1H3/q-1. The van der Waals surface area contributed by atoms with Crippen molar-refractivity contribution in [3.8, 4) is 0 Å². The van der Waals surface area contributed by atoms with Gasteiger partial charge in [-0.25, -0.2) is 0 Å². The molecule has 0 aromatic carbocycles. The fraction of sp³-hybridized carbons (Fsp3) is 0.750. The summed E-state index contributed by atoms with van der Waals surface area (Å²) in [6, 6.07) is 0. The van der Waals surface area contributed by atoms with Gasteiger partial charge in [-0.15, -0.1) is 12.1 Å². The molecule has 0 saturated heterocycles. The van der Waals surface area contributed by atoms with Gasteiger partial charge < -0.3 is 12.9 Å². The molecule has 0 N–H and O–H groups in total. The summed E-state index contributed by atoms with van der Waals surface area (Å²) in [5.74, 6) is 1.44. The predicted molar refractivity (Wildman–Crippen MR) is 45.7 cm³/mol. The van der Waals surface area contributed by atoms with Crippen molar-refractivity contribution in [3.05, 3.63) is 12.1 Å². The van der Waals surface area contributed by atoms with Crippen LogP contribution in [0.1, 0.15) is 39.0 Å². The lowest BCUT2D eigenvalue weighted by molar-refractivity contribution is 0.494. The lowest BCUT2D eigenvalue weighted by Gasteiger charge is -2.05. The van der Waals surface area contributed by atoms with Crippen LogP contribution in [0, 0.1) is 5.98 Å². The molecule has 0 fully saturated rings. The Bertz CT molecular complexity index is 129. The second kappa shape index (κ2) is 6.15. The van der Waals surface area contributed by atoms with Gasteiger partial charge in [0.05, 0.1) is 0 Å². The molecule has 1 radical (unpaired) electrons. The molecule has 0 heterocycles. The Labute approximate surface area is 71.9 Å². The van der Waals surface area contributed by atoms with Crippen molar-refractivity contribution in [2.45, 2.75) is 39.0 Å². The van der Waals surface area contributed by atoms with Gasteiger partial charge in [-0.1, -0.05) is 26.2 Å². The summed E-state index contributed by atoms with van der Waals surface area (Å²) < 4.78 is 34.7. The lowest BCUT2D eigenvalue weighted by Crippen LogP contribution is -2.10. The molecule has 0 aromatic heterocycles. The van der Waals surface area contributed by atoms with E-state index < -0.39 is 6.98 Å². The van der Waals surface area contributed by atoms with E-state index in [1.54, 1.807) is 0 Å². The zero-order valence-electron chi connectivity index (χ0n) is 7.32. The van der Waals surface area contributed by atoms with Crippen molar-refractivity contribution in [3.63, 3.8) is 0 Å². The molecule has 71 valence electrons. The van der Waals surface area contributed by atoms with Crippen LogP contribution in [0.25, 0.3) is 0 Å². The minimum absolute atomic E-state index is 0.501. The molecule has 4 heteroatoms. The molecule has 12 heavy (non-hydrogen) atoms. The molecule has 0 bridgehead atoms. The molecule has 0 unspecified atom stereocenters. The maximum Gasteiger partial charge on any atom is 0.506 e. The van der Waals surface area contributed by atoms with Gasteiger partial charge in [0.15, 0.2) is 0 Å². The summed E-state index contributed by atoms with van der Waals surface area (Å²) in [4.78, 5) is 0. The third-order valence-electron chi connectivity index (χ3n) is 1.51. The minimum Gasteiger partial charge on any atom is -0.445 e. The van der Waals surface area contributed by atoms with Gasteiger partial charge in [0.2, 0.25) is 0 Å². The average Bonchev–Trinajstić information content (AvgIpc) is 1.94. The molecule has 0 rings (SSSR count). The Kier molecular flexibility index (Phi) is 5.94. The predicted octanol–water partition coefficient (Wildman–Crippen LogP) is 3.70. The second-order valence-electron chi connectivity index (χ2n) is 2.79. The van der Waals surface area contributed by atoms with Gasteiger partial charge in [-0.3, -0.25) is 0 Å². The molecule has 0 nitrogen and oxygen atoms in total. The Hall–Kier alpha value is -0.405. The summed E-state index contributed by atoms with van der Waals surface area (Å²) in [6.07, 6.45) is 5.67. The summed E-state index contributed by atoms with van der Waals surface area (Å²) in [6.45, 7) is -2.76. The maximum absolute atomic E-state index is 11.6. The molecule has 0 spiro atoms. The zero-order valence-corrected chi connectivity index (χ0v) is 7.32. The van der Waals surface area contributed by atoms with E-state index in [9.17, 15) is 12.9 Å². The van der Waals surface area contributed by atoms with E-state index in [-0.39, 0.29) is 0 Å². The topological polar surface area (TPSA) is 0 Å². The number of hydrogen-bond acceptors (Lipinski definition) is 0. The Morgan fingerprint density at radius 2 is 1.83 bits per heavy atom. The molecule has 0 aliphatic rings. The minimum atomic E-state index is -4.83. The fourth-order valence-corrected chi connectivity index (χ4v) is 0.890. The highest BCUT2D eigenvalue weighted by molar-refractivity contribution is 6.61. The maximum atomic E-state index is 11.6. The monoisotopic (exact) mass is 178 g/mol. The SMILES string of the molecule is CCCCCCC=[C][B-](F)(F)F. The Morgan fingerprint density at radius 3 is 2.33 bits per heavy atom. The molecule has 0 atom stereocenters. The quantitative estimate of drug-likeness (QED) is 0.429. The van der Waals surface area contributed by atoms with E-state index in [1.807, 2.05) is 0 Å². The van der Waals surface area contributed by atoms with Crippen molar-refractivity contribution >= 4 is 6.98 Å². The normalized spacial score (nSPS) is 12.7. The van der Waals surface area contributed by atoms with Gasteiger partial charge >= 0.3 is 6.98 Å². The smallest absolute Gasteiger partial charge is 0.445 e. The van der Waals surface area contributed by atoms with Gasteiger partial charge in [0.25, 0.3) is 0 Å². The highest BCUT2D eigenvalue weighted by Crippen LogP contribution is 2.10. The van der Waals surface area contributed by atoms with Crippen molar-refractivity contribution in [2.24, 2.45) is 0 Å². The summed E-state index contributed by atoms with van der Waals surface area (Å²) >= 11 is 0. The van der Waals surface area contributed by atoms with E-state index >= 15 is 0 Å². The average molecular weight is 178 g/mol. The number of rotatable bonds is 6. The van der Waals surface area contributed by atoms with Crippen LogP contribution in [-0.4, -0.2) is 6.98 Å². The van der Waals surface area contributed by atoms with E-state index in [0.717, 1.165) is 31.8 Å². The summed E-state index contributed by atoms with van der Waals surface area (Å²) in [5, 5.41) is 0. The van der Waals surface area contributed by atoms with Crippen LogP contribution >= 0.6 is 0 Å². The number of hydrogen-bond donors (Lipinski definition) is 0. The first-order chi connectivity index (χ1) is 5.56. The summed E-state index contributed by atoms with van der Waals surface area (Å²) in [7, 11) is 0. The van der Waals surface area contributed by atoms with Crippen molar-refractivity contribution in [1.29, 1.82) is 0 Å². The highest BCUT2D eigenvalue weighted by atomic mass is 19.4. The van der Waals surface area contributed by atoms with Crippen LogP contribution in [-0.2, 0) is 0 Å². The third kappa shape index (κ3) is 9.59. The van der Waals surface area contributed by atoms with Crippen molar-refractivity contribution < 1.29 is 12.9 Å². The van der Waals surface area contributed by atoms with Gasteiger partial charge in [-0.05, 0) is 12.8 Å². The second-order valence-corrected chi connectivity index (χ2v) is 2.79. The molecule has 0 amide bonds. The van der Waals surface area contributed by atoms with Crippen LogP contribution in [0.2, 0.25) is 0 Å². The molecule has 0 aromatic rings. The largest absolute Gasteiger partial charge is 0.506 e. The molecular formula is C8H14BF3-. The first-order valence-corrected chi connectivity index (χ1v) is 4.35. The highest BCUT2D eigenvalue weighted by Gasteiger charge is 2.16. The van der Waals surface area contributed by atoms with Crippen LogP contribution in [0.3, 0.4) is 0 Å². The Morgan fingerprint density at radius 1 is 1.17 bits per heavy atom. The Balaban J connectivity index is 3.25. The van der Waals surface area contributed by atoms with Crippen molar-refractivity contribution in [1.82, 2.24) is 0 Å². The summed E-state index contributed by atoms with van der Waals surface area (Å²) in [5.41, 5.74) is 0. The zero-order chi connectivity index (χ0) is 9.45. The van der Waals surface area contributed by atoms with Crippen LogP contribution in [0.15, 0.2) is 6.08 Å². The van der Waals surface area contributed by atoms with E-state index in [1.165, 1.54) is 5.98 Å². The van der Waals surface area contributed by atoms with E-state index in [0.29, 0.717) is 6.42 Å². The lowest BCUT2D eigenvalue weighted by atomic mass is 9.91. The third-order valence-corrected chi connectivity index (χ3v) is 1.51. The van der Waals surface area contributed by atoms with Gasteiger partial charge in [0.1, 0.15) is 0 Å². The fourth-order valence-electron chi connectivity index (χ4n) is 0.890. The van der Waals surface area contributed by atoms with Gasteiger partial charge in [-0.2, -0.15) is 0 Å². The number of allylic oxidation sites excluding steroid dienone is 1. The van der Waals surface area contributed by atoms with Crippen LogP contribution in [0.4, 0.5) is 12.9 Å².